The maximum absolute atomic E-state index is 13.8. The van der Waals surface area contributed by atoms with Crippen molar-refractivity contribution in [2.24, 2.45) is 0 Å². The van der Waals surface area contributed by atoms with E-state index in [1.807, 2.05) is 12.1 Å². The van der Waals surface area contributed by atoms with Crippen molar-refractivity contribution < 1.29 is 21.9 Å². The van der Waals surface area contributed by atoms with E-state index in [0.717, 1.165) is 35.8 Å². The molecule has 0 radical (unpaired) electrons. The van der Waals surface area contributed by atoms with E-state index >= 15 is 0 Å². The van der Waals surface area contributed by atoms with Crippen molar-refractivity contribution in [1.82, 2.24) is 9.29 Å². The maximum Gasteiger partial charge on any atom is 0.274 e. The van der Waals surface area contributed by atoms with Crippen molar-refractivity contribution in [3.8, 4) is 5.19 Å². The average molecular weight is 453 g/mol. The Kier molecular flexibility index (Phi) is 6.04. The Hall–Kier alpha value is -2.10. The van der Waals surface area contributed by atoms with Crippen LogP contribution in [0.25, 0.3) is 10.2 Å². The Balaban J connectivity index is 1.40. The van der Waals surface area contributed by atoms with E-state index in [1.54, 1.807) is 12.1 Å². The van der Waals surface area contributed by atoms with Crippen LogP contribution in [-0.2, 0) is 16.4 Å². The van der Waals surface area contributed by atoms with Crippen LogP contribution in [0, 0.1) is 11.6 Å². The molecule has 1 aromatic heterocycles. The molecule has 2 heterocycles. The molecule has 1 aliphatic rings. The molecule has 2 aromatic carbocycles. The summed E-state index contributed by atoms with van der Waals surface area (Å²) in [5.74, 6) is -1.38. The van der Waals surface area contributed by atoms with Crippen LogP contribution in [0.15, 0.2) is 41.3 Å². The first-order valence-electron chi connectivity index (χ1n) is 9.88. The molecular formula is C21H22F2N2O3S2. The predicted octanol–water partition coefficient (Wildman–Crippen LogP) is 4.76. The van der Waals surface area contributed by atoms with Gasteiger partial charge in [0.25, 0.3) is 5.19 Å². The lowest BCUT2D eigenvalue weighted by Gasteiger charge is -2.30. The Bertz CT molecular complexity index is 1140. The molecule has 1 fully saturated rings. The van der Waals surface area contributed by atoms with E-state index in [9.17, 15) is 17.2 Å². The third kappa shape index (κ3) is 4.33. The quantitative estimate of drug-likeness (QED) is 0.541. The third-order valence-corrected chi connectivity index (χ3v) is 7.97. The first-order chi connectivity index (χ1) is 14.4. The molecule has 0 aliphatic carbocycles. The van der Waals surface area contributed by atoms with Crippen LogP contribution in [-0.4, -0.2) is 36.9 Å². The fraction of sp³-hybridized carbons (Fsp3) is 0.381. The zero-order valence-electron chi connectivity index (χ0n) is 16.5. The van der Waals surface area contributed by atoms with E-state index in [4.69, 9.17) is 4.74 Å². The second-order valence-corrected chi connectivity index (χ2v) is 10.3. The van der Waals surface area contributed by atoms with Gasteiger partial charge in [-0.25, -0.2) is 17.2 Å². The van der Waals surface area contributed by atoms with Crippen molar-refractivity contribution >= 4 is 31.6 Å². The number of hydrogen-bond acceptors (Lipinski definition) is 5. The van der Waals surface area contributed by atoms with Crippen molar-refractivity contribution in [2.75, 3.05) is 13.1 Å². The van der Waals surface area contributed by atoms with Gasteiger partial charge in [-0.3, -0.25) is 0 Å². The highest BCUT2D eigenvalue weighted by Gasteiger charge is 2.30. The lowest BCUT2D eigenvalue weighted by atomic mass is 10.1. The number of thiazole rings is 1. The summed E-state index contributed by atoms with van der Waals surface area (Å²) in [6.07, 6.45) is 2.71. The molecule has 0 unspecified atom stereocenters. The second-order valence-electron chi connectivity index (χ2n) is 7.33. The summed E-state index contributed by atoms with van der Waals surface area (Å²) in [6, 6.07) is 9.08. The van der Waals surface area contributed by atoms with Gasteiger partial charge >= 0.3 is 0 Å². The summed E-state index contributed by atoms with van der Waals surface area (Å²) in [4.78, 5) is 4.41. The lowest BCUT2D eigenvalue weighted by molar-refractivity contribution is 0.135. The zero-order chi connectivity index (χ0) is 21.3. The van der Waals surface area contributed by atoms with Crippen LogP contribution in [0.2, 0.25) is 0 Å². The summed E-state index contributed by atoms with van der Waals surface area (Å²) in [7, 11) is -3.55. The van der Waals surface area contributed by atoms with Gasteiger partial charge in [-0.05, 0) is 43.0 Å². The van der Waals surface area contributed by atoms with E-state index in [2.05, 4.69) is 11.9 Å². The molecule has 0 amide bonds. The van der Waals surface area contributed by atoms with Crippen molar-refractivity contribution in [2.45, 2.75) is 43.6 Å². The molecule has 0 N–H and O–H groups in total. The summed E-state index contributed by atoms with van der Waals surface area (Å²) < 4.78 is 60.7. The van der Waals surface area contributed by atoms with Crippen LogP contribution in [0.4, 0.5) is 8.78 Å². The van der Waals surface area contributed by atoms with Gasteiger partial charge < -0.3 is 4.74 Å². The summed E-state index contributed by atoms with van der Waals surface area (Å²) >= 11 is 1.08. The van der Waals surface area contributed by atoms with Crippen LogP contribution in [0.5, 0.6) is 5.19 Å². The largest absolute Gasteiger partial charge is 0.467 e. The Morgan fingerprint density at radius 1 is 1.17 bits per heavy atom. The molecule has 0 saturated carbocycles. The molecule has 30 heavy (non-hydrogen) atoms. The number of piperidine rings is 1. The molecule has 3 aromatic rings. The minimum atomic E-state index is -3.55. The fourth-order valence-electron chi connectivity index (χ4n) is 3.59. The number of hydrogen-bond donors (Lipinski definition) is 0. The summed E-state index contributed by atoms with van der Waals surface area (Å²) in [5.41, 5.74) is 1.21. The van der Waals surface area contributed by atoms with E-state index in [-0.39, 0.29) is 16.8 Å². The second kappa shape index (κ2) is 8.56. The van der Waals surface area contributed by atoms with Crippen LogP contribution in [0.1, 0.15) is 31.7 Å². The number of benzene rings is 2. The van der Waals surface area contributed by atoms with Gasteiger partial charge in [0.15, 0.2) is 5.82 Å². The number of fused-ring (bicyclic) bond motifs is 1. The minimum absolute atomic E-state index is 0.0860. The Labute approximate surface area is 178 Å². The highest BCUT2D eigenvalue weighted by atomic mass is 32.2. The van der Waals surface area contributed by atoms with E-state index < -0.39 is 21.7 Å². The minimum Gasteiger partial charge on any atom is -0.467 e. The number of halogens is 2. The number of aryl methyl sites for hydroxylation is 1. The van der Waals surface area contributed by atoms with Gasteiger partial charge in [0.1, 0.15) is 17.4 Å². The molecule has 1 saturated heterocycles. The molecule has 0 spiro atoms. The number of rotatable bonds is 6. The predicted molar refractivity (Wildman–Crippen MR) is 112 cm³/mol. The van der Waals surface area contributed by atoms with Gasteiger partial charge in [-0.1, -0.05) is 36.8 Å². The fourth-order valence-corrected chi connectivity index (χ4v) is 5.98. The van der Waals surface area contributed by atoms with Gasteiger partial charge in [0.2, 0.25) is 10.0 Å². The van der Waals surface area contributed by atoms with Gasteiger partial charge in [0, 0.05) is 19.2 Å². The van der Waals surface area contributed by atoms with E-state index in [0.29, 0.717) is 35.5 Å². The topological polar surface area (TPSA) is 59.5 Å². The highest BCUT2D eigenvalue weighted by molar-refractivity contribution is 7.89. The number of ether oxygens (including phenoxy) is 1. The van der Waals surface area contributed by atoms with Crippen molar-refractivity contribution in [3.05, 3.63) is 53.6 Å². The first kappa shape index (κ1) is 21.1. The normalized spacial score (nSPS) is 16.2. The first-order valence-corrected chi connectivity index (χ1v) is 12.1. The standard InChI is InChI=1S/C21H22F2N2O3S2/c1-2-3-14-4-6-17(7-5-14)30(26,27)25-10-8-16(9-11-25)28-21-24-20-18(23)12-15(22)13-19(20)29-21/h4-7,12-13,16H,2-3,8-11H2,1H3. The molecule has 160 valence electrons. The Morgan fingerprint density at radius 2 is 1.87 bits per heavy atom. The van der Waals surface area contributed by atoms with Crippen LogP contribution >= 0.6 is 11.3 Å². The number of aromatic nitrogens is 1. The van der Waals surface area contributed by atoms with E-state index in [1.165, 1.54) is 10.4 Å². The lowest BCUT2D eigenvalue weighted by Crippen LogP contribution is -2.41. The summed E-state index contributed by atoms with van der Waals surface area (Å²) in [5, 5.41) is 0.266. The van der Waals surface area contributed by atoms with Crippen LogP contribution in [0.3, 0.4) is 0 Å². The van der Waals surface area contributed by atoms with Crippen molar-refractivity contribution in [1.29, 1.82) is 0 Å². The van der Waals surface area contributed by atoms with Crippen LogP contribution < -0.4 is 4.74 Å². The number of sulfonamides is 1. The molecule has 4 rings (SSSR count). The molecular weight excluding hydrogens is 430 g/mol. The molecule has 0 bridgehead atoms. The molecule has 5 nitrogen and oxygen atoms in total. The zero-order valence-corrected chi connectivity index (χ0v) is 18.1. The molecule has 1 aliphatic heterocycles. The molecule has 9 heteroatoms. The number of nitrogens with zero attached hydrogens (tertiary/aromatic N) is 2. The average Bonchev–Trinajstić information content (AvgIpc) is 3.12. The monoisotopic (exact) mass is 452 g/mol. The highest BCUT2D eigenvalue weighted by Crippen LogP contribution is 2.32. The van der Waals surface area contributed by atoms with Crippen molar-refractivity contribution in [3.63, 3.8) is 0 Å². The molecule has 0 atom stereocenters. The smallest absolute Gasteiger partial charge is 0.274 e. The van der Waals surface area contributed by atoms with Gasteiger partial charge in [-0.15, -0.1) is 0 Å². The maximum atomic E-state index is 13.8. The van der Waals surface area contributed by atoms with Gasteiger partial charge in [0.05, 0.1) is 9.60 Å². The SMILES string of the molecule is CCCc1ccc(S(=O)(=O)N2CCC(Oc3nc4c(F)cc(F)cc4s3)CC2)cc1. The van der Waals surface area contributed by atoms with Gasteiger partial charge in [-0.2, -0.15) is 9.29 Å². The Morgan fingerprint density at radius 3 is 2.53 bits per heavy atom. The summed E-state index contributed by atoms with van der Waals surface area (Å²) in [6.45, 7) is 2.75. The third-order valence-electron chi connectivity index (χ3n) is 5.16.